The van der Waals surface area contributed by atoms with E-state index in [9.17, 15) is 5.11 Å². The van der Waals surface area contributed by atoms with Crippen molar-refractivity contribution >= 4 is 0 Å². The minimum Gasteiger partial charge on any atom is -0.505 e. The Bertz CT molecular complexity index is 321. The number of likely N-dealkylation sites (tertiary alicyclic amines) is 1. The minimum atomic E-state index is 0.254. The molecule has 1 N–H and O–H groups in total. The molecule has 15 heavy (non-hydrogen) atoms. The van der Waals surface area contributed by atoms with Gasteiger partial charge in [0.15, 0.2) is 5.75 Å². The highest BCUT2D eigenvalue weighted by atomic mass is 16.3. The van der Waals surface area contributed by atoms with E-state index in [-0.39, 0.29) is 5.75 Å². The Morgan fingerprint density at radius 3 is 2.87 bits per heavy atom. The molecule has 0 amide bonds. The summed E-state index contributed by atoms with van der Waals surface area (Å²) in [6.45, 7) is 5.55. The summed E-state index contributed by atoms with van der Waals surface area (Å²) in [5.74, 6) is 0.254. The predicted octanol–water partition coefficient (Wildman–Crippen LogP) is 1.98. The second-order valence-corrected chi connectivity index (χ2v) is 4.49. The van der Waals surface area contributed by atoms with Crippen molar-refractivity contribution < 1.29 is 5.11 Å². The van der Waals surface area contributed by atoms with E-state index < -0.39 is 0 Å². The van der Waals surface area contributed by atoms with Gasteiger partial charge in [0.05, 0.1) is 12.4 Å². The zero-order chi connectivity index (χ0) is 10.8. The van der Waals surface area contributed by atoms with E-state index in [1.807, 2.05) is 4.68 Å². The molecular formula is C11H19N3O. The molecular weight excluding hydrogens is 190 g/mol. The molecule has 1 atom stereocenters. The van der Waals surface area contributed by atoms with Gasteiger partial charge >= 0.3 is 0 Å². The summed E-state index contributed by atoms with van der Waals surface area (Å²) in [5.41, 5.74) is 0. The Hall–Kier alpha value is -1.03. The fraction of sp³-hybridized carbons (Fsp3) is 0.727. The van der Waals surface area contributed by atoms with Crippen molar-refractivity contribution in [3.8, 4) is 5.75 Å². The van der Waals surface area contributed by atoms with Crippen molar-refractivity contribution in [1.29, 1.82) is 0 Å². The van der Waals surface area contributed by atoms with Crippen molar-refractivity contribution in [1.82, 2.24) is 14.7 Å². The summed E-state index contributed by atoms with van der Waals surface area (Å²) >= 11 is 0. The Balaban J connectivity index is 2.17. The lowest BCUT2D eigenvalue weighted by Crippen LogP contribution is -2.41. The molecule has 0 bridgehead atoms. The van der Waals surface area contributed by atoms with Crippen LogP contribution in [-0.2, 0) is 0 Å². The van der Waals surface area contributed by atoms with Crippen LogP contribution in [0.15, 0.2) is 12.4 Å². The third-order valence-corrected chi connectivity index (χ3v) is 3.07. The number of rotatable bonds is 2. The van der Waals surface area contributed by atoms with Gasteiger partial charge in [0.25, 0.3) is 0 Å². The summed E-state index contributed by atoms with van der Waals surface area (Å²) in [6, 6.07) is 0.529. The zero-order valence-electron chi connectivity index (χ0n) is 9.43. The average Bonchev–Trinajstić information content (AvgIpc) is 2.65. The fourth-order valence-electron chi connectivity index (χ4n) is 2.31. The largest absolute Gasteiger partial charge is 0.505 e. The Morgan fingerprint density at radius 2 is 2.27 bits per heavy atom. The van der Waals surface area contributed by atoms with Crippen LogP contribution in [0, 0.1) is 0 Å². The van der Waals surface area contributed by atoms with Crippen LogP contribution in [0.2, 0.25) is 0 Å². The molecule has 2 rings (SSSR count). The van der Waals surface area contributed by atoms with Gasteiger partial charge in [0.1, 0.15) is 6.17 Å². The third-order valence-electron chi connectivity index (χ3n) is 3.07. The monoisotopic (exact) mass is 209 g/mol. The summed E-state index contributed by atoms with van der Waals surface area (Å²) in [7, 11) is 0. The standard InChI is InChI=1S/C11H19N3O/c1-9(2)13-6-4-3-5-11(13)14-8-10(15)7-12-14/h7-9,11,15H,3-6H2,1-2H3. The molecule has 1 aliphatic heterocycles. The molecule has 4 heteroatoms. The van der Waals surface area contributed by atoms with Gasteiger partial charge in [-0.2, -0.15) is 5.10 Å². The summed E-state index contributed by atoms with van der Waals surface area (Å²) in [4.78, 5) is 2.44. The van der Waals surface area contributed by atoms with E-state index in [2.05, 4.69) is 23.8 Å². The Kier molecular flexibility index (Phi) is 2.95. The first-order valence-corrected chi connectivity index (χ1v) is 5.67. The second-order valence-electron chi connectivity index (χ2n) is 4.49. The van der Waals surface area contributed by atoms with Crippen LogP contribution in [-0.4, -0.2) is 32.4 Å². The SMILES string of the molecule is CC(C)N1CCCCC1n1cc(O)cn1. The zero-order valence-corrected chi connectivity index (χ0v) is 9.43. The molecule has 1 aromatic heterocycles. The van der Waals surface area contributed by atoms with E-state index in [0.717, 1.165) is 13.0 Å². The smallest absolute Gasteiger partial charge is 0.153 e. The highest BCUT2D eigenvalue weighted by molar-refractivity contribution is 5.09. The fourth-order valence-corrected chi connectivity index (χ4v) is 2.31. The molecule has 1 fully saturated rings. The molecule has 1 aliphatic rings. The first-order valence-electron chi connectivity index (χ1n) is 5.67. The number of hydrogen-bond donors (Lipinski definition) is 1. The Morgan fingerprint density at radius 1 is 1.47 bits per heavy atom. The van der Waals surface area contributed by atoms with Crippen molar-refractivity contribution in [2.45, 2.75) is 45.3 Å². The van der Waals surface area contributed by atoms with Gasteiger partial charge in [0, 0.05) is 12.6 Å². The molecule has 0 spiro atoms. The van der Waals surface area contributed by atoms with Crippen LogP contribution in [0.3, 0.4) is 0 Å². The summed E-state index contributed by atoms with van der Waals surface area (Å²) < 4.78 is 1.88. The molecule has 2 heterocycles. The maximum atomic E-state index is 9.31. The van der Waals surface area contributed by atoms with Crippen molar-refractivity contribution in [3.63, 3.8) is 0 Å². The molecule has 0 aliphatic carbocycles. The number of piperidine rings is 1. The van der Waals surface area contributed by atoms with Gasteiger partial charge < -0.3 is 5.11 Å². The van der Waals surface area contributed by atoms with Crippen molar-refractivity contribution in [3.05, 3.63) is 12.4 Å². The van der Waals surface area contributed by atoms with Crippen molar-refractivity contribution in [2.24, 2.45) is 0 Å². The van der Waals surface area contributed by atoms with Crippen LogP contribution in [0.1, 0.15) is 39.3 Å². The molecule has 84 valence electrons. The van der Waals surface area contributed by atoms with E-state index in [1.165, 1.54) is 19.0 Å². The average molecular weight is 209 g/mol. The maximum Gasteiger partial charge on any atom is 0.153 e. The van der Waals surface area contributed by atoms with Gasteiger partial charge in [-0.25, -0.2) is 0 Å². The van der Waals surface area contributed by atoms with Gasteiger partial charge in [-0.05, 0) is 33.1 Å². The number of nitrogens with zero attached hydrogens (tertiary/aromatic N) is 3. The van der Waals surface area contributed by atoms with Gasteiger partial charge in [0.2, 0.25) is 0 Å². The summed E-state index contributed by atoms with van der Waals surface area (Å²) in [6.07, 6.45) is 7.17. The molecule has 0 saturated carbocycles. The lowest BCUT2D eigenvalue weighted by Gasteiger charge is -2.38. The normalized spacial score (nSPS) is 23.5. The lowest BCUT2D eigenvalue weighted by molar-refractivity contribution is 0.0554. The minimum absolute atomic E-state index is 0.254. The molecule has 1 saturated heterocycles. The molecule has 0 radical (unpaired) electrons. The molecule has 1 unspecified atom stereocenters. The van der Waals surface area contributed by atoms with E-state index in [4.69, 9.17) is 0 Å². The quantitative estimate of drug-likeness (QED) is 0.809. The Labute approximate surface area is 90.5 Å². The van der Waals surface area contributed by atoms with Crippen LogP contribution in [0.5, 0.6) is 5.75 Å². The van der Waals surface area contributed by atoms with Gasteiger partial charge in [-0.1, -0.05) is 0 Å². The first-order chi connectivity index (χ1) is 7.18. The molecule has 4 nitrogen and oxygen atoms in total. The number of aromatic nitrogens is 2. The highest BCUT2D eigenvalue weighted by Gasteiger charge is 2.26. The van der Waals surface area contributed by atoms with Gasteiger partial charge in [-0.15, -0.1) is 0 Å². The lowest BCUT2D eigenvalue weighted by atomic mass is 10.1. The molecule has 0 aromatic carbocycles. The predicted molar refractivity (Wildman–Crippen MR) is 58.6 cm³/mol. The summed E-state index contributed by atoms with van der Waals surface area (Å²) in [5, 5.41) is 13.5. The maximum absolute atomic E-state index is 9.31. The second kappa shape index (κ2) is 4.23. The van der Waals surface area contributed by atoms with Crippen molar-refractivity contribution in [2.75, 3.05) is 6.54 Å². The molecule has 1 aromatic rings. The van der Waals surface area contributed by atoms with Crippen LogP contribution >= 0.6 is 0 Å². The van der Waals surface area contributed by atoms with Gasteiger partial charge in [-0.3, -0.25) is 9.58 Å². The first kappa shape index (κ1) is 10.5. The number of hydrogen-bond acceptors (Lipinski definition) is 3. The highest BCUT2D eigenvalue weighted by Crippen LogP contribution is 2.28. The van der Waals surface area contributed by atoms with E-state index >= 15 is 0 Å². The van der Waals surface area contributed by atoms with Crippen LogP contribution < -0.4 is 0 Å². The van der Waals surface area contributed by atoms with Crippen LogP contribution in [0.4, 0.5) is 0 Å². The van der Waals surface area contributed by atoms with E-state index in [1.54, 1.807) is 6.20 Å². The number of aromatic hydroxyl groups is 1. The van der Waals surface area contributed by atoms with Crippen LogP contribution in [0.25, 0.3) is 0 Å². The topological polar surface area (TPSA) is 41.3 Å². The van der Waals surface area contributed by atoms with E-state index in [0.29, 0.717) is 12.2 Å². The third kappa shape index (κ3) is 2.15.